The Hall–Kier alpha value is -2.54. The van der Waals surface area contributed by atoms with Crippen molar-refractivity contribution in [1.29, 1.82) is 0 Å². The quantitative estimate of drug-likeness (QED) is 0.733. The van der Waals surface area contributed by atoms with Crippen molar-refractivity contribution >= 4 is 23.4 Å². The molecule has 8 heteroatoms. The van der Waals surface area contributed by atoms with E-state index in [1.54, 1.807) is 30.0 Å². The van der Waals surface area contributed by atoms with Crippen LogP contribution in [0, 0.1) is 6.92 Å². The Balaban J connectivity index is 1.43. The van der Waals surface area contributed by atoms with Crippen molar-refractivity contribution in [3.8, 4) is 5.75 Å². The summed E-state index contributed by atoms with van der Waals surface area (Å²) in [6.45, 7) is 4.53. The first kappa shape index (κ1) is 20.7. The monoisotopic (exact) mass is 431 g/mol. The number of benzene rings is 1. The molecule has 3 heterocycles. The van der Waals surface area contributed by atoms with Crippen molar-refractivity contribution in [1.82, 2.24) is 14.8 Å². The second kappa shape index (κ2) is 8.68. The van der Waals surface area contributed by atoms with Crippen LogP contribution < -0.4 is 4.74 Å². The van der Waals surface area contributed by atoms with Gasteiger partial charge in [0.25, 0.3) is 11.8 Å². The molecule has 1 aromatic carbocycles. The molecule has 7 nitrogen and oxygen atoms in total. The molecule has 2 aromatic rings. The summed E-state index contributed by atoms with van der Waals surface area (Å²) in [7, 11) is 1.54. The zero-order valence-electron chi connectivity index (χ0n) is 17.3. The van der Waals surface area contributed by atoms with Crippen LogP contribution in [0.1, 0.15) is 64.1 Å². The van der Waals surface area contributed by atoms with Crippen LogP contribution in [-0.4, -0.2) is 59.9 Å². The molecule has 0 bridgehead atoms. The van der Waals surface area contributed by atoms with Gasteiger partial charge in [-0.3, -0.25) is 9.59 Å². The van der Waals surface area contributed by atoms with E-state index in [9.17, 15) is 9.59 Å². The van der Waals surface area contributed by atoms with Crippen LogP contribution in [0.2, 0.25) is 5.02 Å². The molecule has 0 aliphatic carbocycles. The van der Waals surface area contributed by atoms with Gasteiger partial charge < -0.3 is 19.0 Å². The second-order valence-corrected chi connectivity index (χ2v) is 8.30. The number of carbonyl (C=O) groups is 2. The summed E-state index contributed by atoms with van der Waals surface area (Å²) in [5.41, 5.74) is 0.892. The summed E-state index contributed by atoms with van der Waals surface area (Å²) in [6.07, 6.45) is 3.54. The van der Waals surface area contributed by atoms with Crippen LogP contribution in [0.25, 0.3) is 0 Å². The minimum Gasteiger partial charge on any atom is -0.496 e. The number of aryl methyl sites for hydroxylation is 1. The van der Waals surface area contributed by atoms with Crippen LogP contribution in [0.3, 0.4) is 0 Å². The van der Waals surface area contributed by atoms with Gasteiger partial charge in [0.15, 0.2) is 11.6 Å². The van der Waals surface area contributed by atoms with E-state index in [0.29, 0.717) is 46.8 Å². The summed E-state index contributed by atoms with van der Waals surface area (Å²) in [6, 6.07) is 5.05. The van der Waals surface area contributed by atoms with Crippen molar-refractivity contribution < 1.29 is 18.7 Å². The van der Waals surface area contributed by atoms with Crippen LogP contribution >= 0.6 is 11.6 Å². The summed E-state index contributed by atoms with van der Waals surface area (Å²) in [5.74, 6) is 1.64. The van der Waals surface area contributed by atoms with Gasteiger partial charge in [0, 0.05) is 37.1 Å². The summed E-state index contributed by atoms with van der Waals surface area (Å²) in [4.78, 5) is 33.8. The molecule has 0 radical (unpaired) electrons. The van der Waals surface area contributed by atoms with Gasteiger partial charge in [-0.15, -0.1) is 0 Å². The largest absolute Gasteiger partial charge is 0.496 e. The van der Waals surface area contributed by atoms with E-state index in [1.807, 2.05) is 4.90 Å². The number of halogens is 1. The normalized spacial score (nSPS) is 17.4. The molecule has 160 valence electrons. The van der Waals surface area contributed by atoms with E-state index >= 15 is 0 Å². The van der Waals surface area contributed by atoms with Crippen molar-refractivity contribution in [2.45, 2.75) is 38.5 Å². The highest BCUT2D eigenvalue weighted by Gasteiger charge is 2.31. The molecular formula is C22H26ClN3O4. The first-order chi connectivity index (χ1) is 14.5. The lowest BCUT2D eigenvalue weighted by Crippen LogP contribution is -2.38. The van der Waals surface area contributed by atoms with Crippen LogP contribution in [0.5, 0.6) is 5.75 Å². The highest BCUT2D eigenvalue weighted by atomic mass is 35.5. The predicted octanol–water partition coefficient (Wildman–Crippen LogP) is 3.90. The van der Waals surface area contributed by atoms with E-state index in [4.69, 9.17) is 20.8 Å². The molecule has 0 saturated carbocycles. The Labute approximate surface area is 180 Å². The molecule has 0 atom stereocenters. The number of oxazole rings is 1. The van der Waals surface area contributed by atoms with Gasteiger partial charge in [0.1, 0.15) is 11.5 Å². The molecule has 0 spiro atoms. The number of nitrogens with zero attached hydrogens (tertiary/aromatic N) is 3. The SMILES string of the molecule is COc1ccc(Cl)cc1C(=O)N1CCC(c2nc(C(=O)N3CCCC3)c(C)o2)CC1. The Morgan fingerprint density at radius 3 is 2.43 bits per heavy atom. The van der Waals surface area contributed by atoms with Crippen LogP contribution in [0.15, 0.2) is 22.6 Å². The lowest BCUT2D eigenvalue weighted by atomic mass is 9.96. The Bertz CT molecular complexity index is 944. The molecule has 1 aromatic heterocycles. The fraction of sp³-hybridized carbons (Fsp3) is 0.500. The van der Waals surface area contributed by atoms with E-state index in [-0.39, 0.29) is 17.7 Å². The number of amides is 2. The second-order valence-electron chi connectivity index (χ2n) is 7.87. The Morgan fingerprint density at radius 1 is 1.10 bits per heavy atom. The average molecular weight is 432 g/mol. The molecule has 2 fully saturated rings. The molecule has 30 heavy (non-hydrogen) atoms. The highest BCUT2D eigenvalue weighted by Crippen LogP contribution is 2.31. The fourth-order valence-corrected chi connectivity index (χ4v) is 4.38. The number of likely N-dealkylation sites (tertiary alicyclic amines) is 2. The summed E-state index contributed by atoms with van der Waals surface area (Å²) < 4.78 is 11.2. The van der Waals surface area contributed by atoms with Crippen LogP contribution in [0.4, 0.5) is 0 Å². The zero-order chi connectivity index (χ0) is 21.3. The minimum atomic E-state index is -0.0960. The number of ether oxygens (including phenoxy) is 1. The number of methoxy groups -OCH3 is 1. The van der Waals surface area contributed by atoms with Gasteiger partial charge in [-0.2, -0.15) is 0 Å². The first-order valence-electron chi connectivity index (χ1n) is 10.4. The van der Waals surface area contributed by atoms with Gasteiger partial charge in [-0.25, -0.2) is 4.98 Å². The smallest absolute Gasteiger partial charge is 0.276 e. The third kappa shape index (κ3) is 4.03. The van der Waals surface area contributed by atoms with Crippen molar-refractivity contribution in [2.24, 2.45) is 0 Å². The maximum absolute atomic E-state index is 13.0. The molecule has 2 aliphatic heterocycles. The van der Waals surface area contributed by atoms with Gasteiger partial charge in [0.2, 0.25) is 0 Å². The lowest BCUT2D eigenvalue weighted by Gasteiger charge is -2.31. The molecule has 4 rings (SSSR count). The Kier molecular flexibility index (Phi) is 5.99. The van der Waals surface area contributed by atoms with Crippen molar-refractivity contribution in [2.75, 3.05) is 33.3 Å². The van der Waals surface area contributed by atoms with E-state index in [2.05, 4.69) is 4.98 Å². The number of piperidine rings is 1. The molecule has 2 saturated heterocycles. The maximum atomic E-state index is 13.0. The lowest BCUT2D eigenvalue weighted by molar-refractivity contribution is 0.0702. The molecule has 0 unspecified atom stereocenters. The third-order valence-corrected chi connectivity index (χ3v) is 6.17. The van der Waals surface area contributed by atoms with Crippen LogP contribution in [-0.2, 0) is 0 Å². The molecule has 2 amide bonds. The third-order valence-electron chi connectivity index (χ3n) is 5.93. The number of hydrogen-bond donors (Lipinski definition) is 0. The summed E-state index contributed by atoms with van der Waals surface area (Å²) in [5, 5.41) is 0.500. The maximum Gasteiger partial charge on any atom is 0.276 e. The molecular weight excluding hydrogens is 406 g/mol. The highest BCUT2D eigenvalue weighted by molar-refractivity contribution is 6.31. The van der Waals surface area contributed by atoms with Crippen molar-refractivity contribution in [3.05, 3.63) is 46.1 Å². The summed E-state index contributed by atoms with van der Waals surface area (Å²) >= 11 is 6.07. The zero-order valence-corrected chi connectivity index (χ0v) is 18.1. The molecule has 2 aliphatic rings. The van der Waals surface area contributed by atoms with Gasteiger partial charge in [-0.05, 0) is 50.8 Å². The minimum absolute atomic E-state index is 0.0411. The van der Waals surface area contributed by atoms with Gasteiger partial charge in [0.05, 0.1) is 12.7 Å². The average Bonchev–Trinajstić information content (AvgIpc) is 3.43. The predicted molar refractivity (Wildman–Crippen MR) is 112 cm³/mol. The number of carbonyl (C=O) groups excluding carboxylic acids is 2. The standard InChI is InChI=1S/C22H26ClN3O4/c1-14-19(22(28)25-9-3-4-10-25)24-20(30-14)15-7-11-26(12-8-15)21(27)17-13-16(23)5-6-18(17)29-2/h5-6,13,15H,3-4,7-12H2,1-2H3. The topological polar surface area (TPSA) is 75.9 Å². The fourth-order valence-electron chi connectivity index (χ4n) is 4.21. The van der Waals surface area contributed by atoms with E-state index in [0.717, 1.165) is 38.8 Å². The van der Waals surface area contributed by atoms with Crippen molar-refractivity contribution in [3.63, 3.8) is 0 Å². The number of aromatic nitrogens is 1. The van der Waals surface area contributed by atoms with Gasteiger partial charge in [-0.1, -0.05) is 11.6 Å². The van der Waals surface area contributed by atoms with E-state index in [1.165, 1.54) is 7.11 Å². The Morgan fingerprint density at radius 2 is 1.77 bits per heavy atom. The van der Waals surface area contributed by atoms with E-state index < -0.39 is 0 Å². The number of hydrogen-bond acceptors (Lipinski definition) is 5. The first-order valence-corrected chi connectivity index (χ1v) is 10.7. The molecule has 0 N–H and O–H groups in total. The van der Waals surface area contributed by atoms with Gasteiger partial charge >= 0.3 is 0 Å². The number of rotatable bonds is 4.